The largest absolute Gasteiger partial charge is 0.493 e. The molecule has 1 aliphatic rings. The summed E-state index contributed by atoms with van der Waals surface area (Å²) in [6.45, 7) is 7.03. The van der Waals surface area contributed by atoms with Crippen LogP contribution < -0.4 is 9.64 Å². The molecular weight excluding hydrogens is 302 g/mol. The first-order valence-corrected chi connectivity index (χ1v) is 8.15. The highest BCUT2D eigenvalue weighted by Crippen LogP contribution is 2.32. The van der Waals surface area contributed by atoms with Gasteiger partial charge in [-0.15, -0.1) is 0 Å². The fourth-order valence-corrected chi connectivity index (χ4v) is 2.77. The number of ether oxygens (including phenoxy) is 1. The molecule has 4 heteroatoms. The molecule has 0 bridgehead atoms. The lowest BCUT2D eigenvalue weighted by Gasteiger charge is -2.19. The molecule has 0 N–H and O–H groups in total. The number of para-hydroxylation sites is 1. The average molecular weight is 323 g/mol. The van der Waals surface area contributed by atoms with Gasteiger partial charge in [0.15, 0.2) is 0 Å². The predicted octanol–water partition coefficient (Wildman–Crippen LogP) is 3.76. The third kappa shape index (κ3) is 3.04. The van der Waals surface area contributed by atoms with Crippen molar-refractivity contribution >= 4 is 17.4 Å². The van der Waals surface area contributed by atoms with E-state index >= 15 is 0 Å². The standard InChI is InChI=1S/C20H21NO3/c1-13(2)12-24-18-7-5-4-6-15(18)11-21-17-9-8-14(3)10-16(17)19(22)20(21)23/h4-10,13H,11-12H2,1-3H3. The summed E-state index contributed by atoms with van der Waals surface area (Å²) in [4.78, 5) is 26.2. The quantitative estimate of drug-likeness (QED) is 0.787. The van der Waals surface area contributed by atoms with Gasteiger partial charge in [0.05, 0.1) is 24.4 Å². The number of amides is 1. The summed E-state index contributed by atoms with van der Waals surface area (Å²) in [5.74, 6) is 0.257. The smallest absolute Gasteiger partial charge is 0.299 e. The summed E-state index contributed by atoms with van der Waals surface area (Å²) >= 11 is 0. The normalized spacial score (nSPS) is 13.6. The Labute approximate surface area is 142 Å². The number of nitrogens with zero attached hydrogens (tertiary/aromatic N) is 1. The number of rotatable bonds is 5. The first kappa shape index (κ1) is 16.2. The fourth-order valence-electron chi connectivity index (χ4n) is 2.77. The summed E-state index contributed by atoms with van der Waals surface area (Å²) < 4.78 is 5.86. The van der Waals surface area contributed by atoms with Crippen LogP contribution in [0.15, 0.2) is 42.5 Å². The van der Waals surface area contributed by atoms with E-state index in [1.807, 2.05) is 43.3 Å². The number of hydrogen-bond acceptors (Lipinski definition) is 3. The van der Waals surface area contributed by atoms with Crippen LogP contribution in [-0.2, 0) is 11.3 Å². The van der Waals surface area contributed by atoms with Gasteiger partial charge < -0.3 is 9.64 Å². The Morgan fingerprint density at radius 2 is 1.83 bits per heavy atom. The van der Waals surface area contributed by atoms with E-state index in [1.165, 1.54) is 4.90 Å². The molecule has 124 valence electrons. The predicted molar refractivity (Wildman–Crippen MR) is 93.5 cm³/mol. The van der Waals surface area contributed by atoms with Crippen molar-refractivity contribution in [2.24, 2.45) is 5.92 Å². The molecule has 3 rings (SSSR count). The molecule has 2 aromatic rings. The molecule has 0 spiro atoms. The van der Waals surface area contributed by atoms with Crippen molar-refractivity contribution in [2.45, 2.75) is 27.3 Å². The maximum absolute atomic E-state index is 12.4. The van der Waals surface area contributed by atoms with Gasteiger partial charge in [-0.1, -0.05) is 43.7 Å². The molecule has 2 aromatic carbocycles. The zero-order valence-corrected chi connectivity index (χ0v) is 14.2. The van der Waals surface area contributed by atoms with Gasteiger partial charge in [-0.25, -0.2) is 0 Å². The molecule has 0 aliphatic carbocycles. The molecule has 1 aliphatic heterocycles. The van der Waals surface area contributed by atoms with Gasteiger partial charge in [0.25, 0.3) is 11.7 Å². The summed E-state index contributed by atoms with van der Waals surface area (Å²) in [5.41, 5.74) is 3.03. The van der Waals surface area contributed by atoms with Gasteiger partial charge in [0.1, 0.15) is 5.75 Å². The second kappa shape index (κ2) is 6.48. The zero-order chi connectivity index (χ0) is 17.3. The van der Waals surface area contributed by atoms with Crippen molar-refractivity contribution in [1.82, 2.24) is 0 Å². The Morgan fingerprint density at radius 3 is 2.58 bits per heavy atom. The molecule has 1 amide bonds. The molecule has 0 atom stereocenters. The van der Waals surface area contributed by atoms with Crippen LogP contribution >= 0.6 is 0 Å². The number of hydrogen-bond donors (Lipinski definition) is 0. The van der Waals surface area contributed by atoms with Crippen molar-refractivity contribution in [3.8, 4) is 5.75 Å². The number of carbonyl (C=O) groups excluding carboxylic acids is 2. The van der Waals surface area contributed by atoms with Crippen LogP contribution in [0.2, 0.25) is 0 Å². The number of ketones is 1. The van der Waals surface area contributed by atoms with Crippen molar-refractivity contribution in [1.29, 1.82) is 0 Å². The van der Waals surface area contributed by atoms with Crippen LogP contribution in [0.1, 0.15) is 35.3 Å². The van der Waals surface area contributed by atoms with Crippen molar-refractivity contribution in [2.75, 3.05) is 11.5 Å². The molecule has 0 saturated carbocycles. The molecule has 0 unspecified atom stereocenters. The van der Waals surface area contributed by atoms with Gasteiger partial charge in [-0.2, -0.15) is 0 Å². The Balaban J connectivity index is 1.90. The van der Waals surface area contributed by atoms with E-state index in [9.17, 15) is 9.59 Å². The molecule has 4 nitrogen and oxygen atoms in total. The summed E-state index contributed by atoms with van der Waals surface area (Å²) in [6, 6.07) is 13.2. The highest BCUT2D eigenvalue weighted by atomic mass is 16.5. The lowest BCUT2D eigenvalue weighted by atomic mass is 10.1. The van der Waals surface area contributed by atoms with E-state index in [0.717, 1.165) is 16.9 Å². The second-order valence-electron chi connectivity index (χ2n) is 6.55. The fraction of sp³-hybridized carbons (Fsp3) is 0.300. The Hall–Kier alpha value is -2.62. The molecular formula is C20H21NO3. The molecule has 0 saturated heterocycles. The maximum Gasteiger partial charge on any atom is 0.299 e. The van der Waals surface area contributed by atoms with E-state index in [1.54, 1.807) is 6.07 Å². The van der Waals surface area contributed by atoms with Crippen molar-refractivity contribution < 1.29 is 14.3 Å². The molecule has 0 fully saturated rings. The topological polar surface area (TPSA) is 46.6 Å². The monoisotopic (exact) mass is 323 g/mol. The Morgan fingerprint density at radius 1 is 1.08 bits per heavy atom. The van der Waals surface area contributed by atoms with Crippen LogP contribution in [0.25, 0.3) is 0 Å². The Kier molecular flexibility index (Phi) is 4.38. The van der Waals surface area contributed by atoms with Gasteiger partial charge in [-0.3, -0.25) is 9.59 Å². The van der Waals surface area contributed by atoms with Crippen LogP contribution in [-0.4, -0.2) is 18.3 Å². The lowest BCUT2D eigenvalue weighted by Crippen LogP contribution is -2.29. The third-order valence-electron chi connectivity index (χ3n) is 4.00. The number of Topliss-reactive ketones (excluding diaryl/α,β-unsaturated/α-hetero) is 1. The molecule has 1 heterocycles. The molecule has 0 radical (unpaired) electrons. The summed E-state index contributed by atoms with van der Waals surface area (Å²) in [5, 5.41) is 0. The minimum absolute atomic E-state index is 0.328. The number of anilines is 1. The maximum atomic E-state index is 12.4. The second-order valence-corrected chi connectivity index (χ2v) is 6.55. The summed E-state index contributed by atoms with van der Waals surface area (Å²) in [6.07, 6.45) is 0. The SMILES string of the molecule is Cc1ccc2c(c1)C(=O)C(=O)N2Cc1ccccc1OCC(C)C. The van der Waals surface area contributed by atoms with Gasteiger partial charge in [-0.05, 0) is 31.0 Å². The lowest BCUT2D eigenvalue weighted by molar-refractivity contribution is -0.114. The number of carbonyl (C=O) groups is 2. The van der Waals surface area contributed by atoms with E-state index in [2.05, 4.69) is 13.8 Å². The van der Waals surface area contributed by atoms with Crippen molar-refractivity contribution in [3.63, 3.8) is 0 Å². The number of fused-ring (bicyclic) bond motifs is 1. The molecule has 24 heavy (non-hydrogen) atoms. The number of aryl methyl sites for hydroxylation is 1. The Bertz CT molecular complexity index is 795. The third-order valence-corrected chi connectivity index (χ3v) is 4.00. The summed E-state index contributed by atoms with van der Waals surface area (Å²) in [7, 11) is 0. The van der Waals surface area contributed by atoms with Crippen LogP contribution in [0, 0.1) is 12.8 Å². The van der Waals surface area contributed by atoms with E-state index in [4.69, 9.17) is 4.74 Å². The minimum atomic E-state index is -0.478. The van der Waals surface area contributed by atoms with Crippen LogP contribution in [0.3, 0.4) is 0 Å². The van der Waals surface area contributed by atoms with Crippen LogP contribution in [0.4, 0.5) is 5.69 Å². The molecule has 0 aromatic heterocycles. The first-order valence-electron chi connectivity index (χ1n) is 8.15. The average Bonchev–Trinajstić information content (AvgIpc) is 2.79. The van der Waals surface area contributed by atoms with Crippen molar-refractivity contribution in [3.05, 3.63) is 59.2 Å². The van der Waals surface area contributed by atoms with Gasteiger partial charge in [0.2, 0.25) is 0 Å². The highest BCUT2D eigenvalue weighted by Gasteiger charge is 2.36. The zero-order valence-electron chi connectivity index (χ0n) is 14.2. The van der Waals surface area contributed by atoms with E-state index in [-0.39, 0.29) is 0 Å². The van der Waals surface area contributed by atoms with Crippen LogP contribution in [0.5, 0.6) is 5.75 Å². The van der Waals surface area contributed by atoms with Gasteiger partial charge >= 0.3 is 0 Å². The van der Waals surface area contributed by atoms with E-state index < -0.39 is 11.7 Å². The number of benzene rings is 2. The van der Waals surface area contributed by atoms with E-state index in [0.29, 0.717) is 30.3 Å². The van der Waals surface area contributed by atoms with Gasteiger partial charge in [0, 0.05) is 5.56 Å². The first-order chi connectivity index (χ1) is 11.5. The highest BCUT2D eigenvalue weighted by molar-refractivity contribution is 6.52. The minimum Gasteiger partial charge on any atom is -0.493 e.